The Morgan fingerprint density at radius 2 is 1.21 bits per heavy atom. The van der Waals surface area contributed by atoms with E-state index in [1.807, 2.05) is 67.6 Å². The second-order valence-corrected chi connectivity index (χ2v) is 11.2. The lowest BCUT2D eigenvalue weighted by molar-refractivity contribution is 0.0489. The van der Waals surface area contributed by atoms with Crippen molar-refractivity contribution < 1.29 is 29.3 Å². The molecule has 5 N–H and O–H groups in total. The Kier molecular flexibility index (Phi) is 10.9. The molecule has 0 radical (unpaired) electrons. The van der Waals surface area contributed by atoms with Crippen LogP contribution in [0.3, 0.4) is 0 Å². The Balaban J connectivity index is 0.000000331. The highest BCUT2D eigenvalue weighted by molar-refractivity contribution is 5.68. The number of nitrogens with zero attached hydrogens (tertiary/aromatic N) is 1. The molecule has 0 saturated heterocycles. The molecule has 6 atom stereocenters. The summed E-state index contributed by atoms with van der Waals surface area (Å²) in [6.45, 7) is 11.0. The zero-order valence-electron chi connectivity index (χ0n) is 21.8. The number of hydrogen-bond donors (Lipinski definition) is 5. The van der Waals surface area contributed by atoms with Gasteiger partial charge in [0.05, 0.1) is 12.2 Å². The summed E-state index contributed by atoms with van der Waals surface area (Å²) in [6, 6.07) is 0.143. The Morgan fingerprint density at radius 3 is 1.55 bits per heavy atom. The first-order chi connectivity index (χ1) is 15.0. The quantitative estimate of drug-likeness (QED) is 0.415. The highest BCUT2D eigenvalue weighted by atomic mass is 16.6. The van der Waals surface area contributed by atoms with Crippen LogP contribution in [-0.4, -0.2) is 96.0 Å². The molecule has 0 unspecified atom stereocenters. The van der Waals surface area contributed by atoms with Crippen LogP contribution in [0.4, 0.5) is 9.59 Å². The van der Waals surface area contributed by atoms with Gasteiger partial charge in [-0.25, -0.2) is 9.59 Å². The summed E-state index contributed by atoms with van der Waals surface area (Å²) in [5.74, 6) is 0. The Morgan fingerprint density at radius 1 is 0.788 bits per heavy atom. The maximum absolute atomic E-state index is 11.6. The number of alkyl carbamates (subject to hydrolysis) is 2. The number of likely N-dealkylation sites (N-methyl/N-ethyl adjacent to an activating group) is 2. The SMILES string of the molecule is CN(C)[C@H]1C[C@@H](NC(=O)OC(C)(C)C)C[C@H]1O.CN[C@H]1C[C@@H](NC(=O)OC(C)(C)C)C[C@H]1O. The summed E-state index contributed by atoms with van der Waals surface area (Å²) >= 11 is 0. The predicted octanol–water partition coefficient (Wildman–Crippen LogP) is 1.59. The second kappa shape index (κ2) is 12.2. The molecule has 0 aliphatic heterocycles. The standard InChI is InChI=1S/C12H24N2O3.C11H22N2O3/c1-12(2,3)17-11(16)13-8-6-9(14(4)5)10(15)7-8;1-11(2,3)16-10(15)13-7-5-8(12-4)9(14)6-7/h8-10,15H,6-7H2,1-5H3,(H,13,16);7-9,12,14H,5-6H2,1-4H3,(H,13,15)/t8-,9+,10-;7-,8+,9-/m11/s1. The summed E-state index contributed by atoms with van der Waals surface area (Å²) in [6.07, 6.45) is 1.04. The maximum atomic E-state index is 11.6. The number of carbonyl (C=O) groups is 2. The van der Waals surface area contributed by atoms with Gasteiger partial charge in [0.2, 0.25) is 0 Å². The van der Waals surface area contributed by atoms with Crippen LogP contribution in [0, 0.1) is 0 Å². The number of aliphatic hydroxyl groups is 2. The molecule has 2 rings (SSSR count). The van der Waals surface area contributed by atoms with E-state index in [-0.39, 0.29) is 30.3 Å². The molecule has 194 valence electrons. The van der Waals surface area contributed by atoms with Gasteiger partial charge < -0.3 is 40.5 Å². The molecule has 2 aliphatic carbocycles. The predicted molar refractivity (Wildman–Crippen MR) is 127 cm³/mol. The highest BCUT2D eigenvalue weighted by Gasteiger charge is 2.36. The maximum Gasteiger partial charge on any atom is 0.407 e. The van der Waals surface area contributed by atoms with Gasteiger partial charge in [-0.3, -0.25) is 0 Å². The molecule has 0 aromatic heterocycles. The third-order valence-electron chi connectivity index (χ3n) is 5.50. The fourth-order valence-electron chi connectivity index (χ4n) is 4.06. The third-order valence-corrected chi connectivity index (χ3v) is 5.50. The van der Waals surface area contributed by atoms with Gasteiger partial charge in [0.15, 0.2) is 0 Å². The summed E-state index contributed by atoms with van der Waals surface area (Å²) in [5, 5.41) is 28.1. The first-order valence-electron chi connectivity index (χ1n) is 11.7. The second-order valence-electron chi connectivity index (χ2n) is 11.2. The number of ether oxygens (including phenoxy) is 2. The summed E-state index contributed by atoms with van der Waals surface area (Å²) in [4.78, 5) is 25.0. The molecular weight excluding hydrogens is 428 g/mol. The Labute approximate surface area is 198 Å². The molecule has 10 nitrogen and oxygen atoms in total. The molecule has 2 fully saturated rings. The monoisotopic (exact) mass is 474 g/mol. The van der Waals surface area contributed by atoms with Crippen molar-refractivity contribution in [3.8, 4) is 0 Å². The molecule has 0 aromatic rings. The van der Waals surface area contributed by atoms with E-state index in [1.165, 1.54) is 0 Å². The Hall–Kier alpha value is -1.62. The fourth-order valence-corrected chi connectivity index (χ4v) is 4.06. The largest absolute Gasteiger partial charge is 0.444 e. The molecule has 0 spiro atoms. The van der Waals surface area contributed by atoms with Crippen molar-refractivity contribution in [2.45, 2.75) is 115 Å². The summed E-state index contributed by atoms with van der Waals surface area (Å²) in [7, 11) is 5.68. The van der Waals surface area contributed by atoms with Crippen LogP contribution < -0.4 is 16.0 Å². The first-order valence-corrected chi connectivity index (χ1v) is 11.7. The minimum Gasteiger partial charge on any atom is -0.444 e. The number of amides is 2. The van der Waals surface area contributed by atoms with Crippen molar-refractivity contribution in [2.24, 2.45) is 0 Å². The van der Waals surface area contributed by atoms with Crippen molar-refractivity contribution in [1.82, 2.24) is 20.9 Å². The van der Waals surface area contributed by atoms with Gasteiger partial charge in [-0.1, -0.05) is 0 Å². The van der Waals surface area contributed by atoms with E-state index in [1.54, 1.807) is 0 Å². The number of nitrogens with one attached hydrogen (secondary N) is 3. The van der Waals surface area contributed by atoms with Crippen LogP contribution >= 0.6 is 0 Å². The van der Waals surface area contributed by atoms with Crippen molar-refractivity contribution in [3.63, 3.8) is 0 Å². The van der Waals surface area contributed by atoms with Crippen molar-refractivity contribution >= 4 is 12.2 Å². The normalized spacial score (nSPS) is 29.8. The van der Waals surface area contributed by atoms with E-state index in [0.717, 1.165) is 12.8 Å². The third kappa shape index (κ3) is 11.4. The molecule has 2 saturated carbocycles. The van der Waals surface area contributed by atoms with Gasteiger partial charge in [0, 0.05) is 24.2 Å². The molecular formula is C23H46N4O6. The van der Waals surface area contributed by atoms with Crippen molar-refractivity contribution in [3.05, 3.63) is 0 Å². The van der Waals surface area contributed by atoms with E-state index in [4.69, 9.17) is 9.47 Å². The number of rotatable bonds is 4. The average Bonchev–Trinajstić information content (AvgIpc) is 3.13. The number of aliphatic hydroxyl groups excluding tert-OH is 2. The van der Waals surface area contributed by atoms with E-state index >= 15 is 0 Å². The smallest absolute Gasteiger partial charge is 0.407 e. The van der Waals surface area contributed by atoms with Crippen LogP contribution in [0.15, 0.2) is 0 Å². The topological polar surface area (TPSA) is 132 Å². The molecule has 10 heteroatoms. The van der Waals surface area contributed by atoms with Gasteiger partial charge in [-0.15, -0.1) is 0 Å². The van der Waals surface area contributed by atoms with Gasteiger partial charge >= 0.3 is 12.2 Å². The minimum atomic E-state index is -0.484. The van der Waals surface area contributed by atoms with Crippen LogP contribution in [0.1, 0.15) is 67.2 Å². The molecule has 0 bridgehead atoms. The highest BCUT2D eigenvalue weighted by Crippen LogP contribution is 2.23. The van der Waals surface area contributed by atoms with Crippen LogP contribution in [0.2, 0.25) is 0 Å². The van der Waals surface area contributed by atoms with Crippen LogP contribution in [0.5, 0.6) is 0 Å². The first kappa shape index (κ1) is 29.4. The minimum absolute atomic E-state index is 0.00718. The van der Waals surface area contributed by atoms with Crippen molar-refractivity contribution in [1.29, 1.82) is 0 Å². The number of hydrogen-bond acceptors (Lipinski definition) is 8. The van der Waals surface area contributed by atoms with E-state index in [9.17, 15) is 19.8 Å². The molecule has 33 heavy (non-hydrogen) atoms. The molecule has 2 amide bonds. The Bertz CT molecular complexity index is 631. The zero-order valence-corrected chi connectivity index (χ0v) is 21.8. The lowest BCUT2D eigenvalue weighted by Crippen LogP contribution is -2.38. The zero-order chi connectivity index (χ0) is 25.6. The van der Waals surface area contributed by atoms with Crippen LogP contribution in [0.25, 0.3) is 0 Å². The number of carbonyl (C=O) groups excluding carboxylic acids is 2. The van der Waals surface area contributed by atoms with Crippen LogP contribution in [-0.2, 0) is 9.47 Å². The van der Waals surface area contributed by atoms with Gasteiger partial charge in [0.1, 0.15) is 11.2 Å². The lowest BCUT2D eigenvalue weighted by Gasteiger charge is -2.23. The van der Waals surface area contributed by atoms with Crippen molar-refractivity contribution in [2.75, 3.05) is 21.1 Å². The fraction of sp³-hybridized carbons (Fsp3) is 0.913. The van der Waals surface area contributed by atoms with E-state index < -0.39 is 29.5 Å². The summed E-state index contributed by atoms with van der Waals surface area (Å²) < 4.78 is 10.3. The average molecular weight is 475 g/mol. The molecule has 0 heterocycles. The molecule has 0 aromatic carbocycles. The van der Waals surface area contributed by atoms with Gasteiger partial charge in [-0.2, -0.15) is 0 Å². The lowest BCUT2D eigenvalue weighted by atomic mass is 10.2. The van der Waals surface area contributed by atoms with E-state index in [2.05, 4.69) is 16.0 Å². The molecule has 2 aliphatic rings. The van der Waals surface area contributed by atoms with Gasteiger partial charge in [0.25, 0.3) is 0 Å². The summed E-state index contributed by atoms with van der Waals surface area (Å²) in [5.41, 5.74) is -0.966. The van der Waals surface area contributed by atoms with E-state index in [0.29, 0.717) is 12.8 Å². The van der Waals surface area contributed by atoms with Gasteiger partial charge in [-0.05, 0) is 88.4 Å².